The minimum atomic E-state index is -0.378. The van der Waals surface area contributed by atoms with Crippen molar-refractivity contribution < 1.29 is 19.8 Å². The number of amides is 2. The molecule has 180 valence electrons. The summed E-state index contributed by atoms with van der Waals surface area (Å²) in [7, 11) is 0. The summed E-state index contributed by atoms with van der Waals surface area (Å²) in [6.45, 7) is 4.59. The molecule has 0 spiro atoms. The maximum Gasteiger partial charge on any atom is 0.264 e. The first-order valence-electron chi connectivity index (χ1n) is 11.3. The lowest BCUT2D eigenvalue weighted by atomic mass is 10.1. The SMILES string of the molecule is CCN(CCO)C(=O)/C(C#N)=C/C=C/CCCCC/C=C/C=C(\C#N)C(=O)N(CC)CCO. The first-order chi connectivity index (χ1) is 16.0. The topological polar surface area (TPSA) is 129 Å². The van der Waals surface area contributed by atoms with Gasteiger partial charge in [0.05, 0.1) is 13.2 Å². The van der Waals surface area contributed by atoms with Crippen molar-refractivity contribution in [1.82, 2.24) is 9.80 Å². The summed E-state index contributed by atoms with van der Waals surface area (Å²) in [6.07, 6.45) is 14.8. The predicted octanol–water partition coefficient (Wildman–Crippen LogP) is 2.63. The largest absolute Gasteiger partial charge is 0.395 e. The van der Waals surface area contributed by atoms with Crippen LogP contribution in [0, 0.1) is 22.7 Å². The summed E-state index contributed by atoms with van der Waals surface area (Å²) in [6, 6.07) is 3.82. The van der Waals surface area contributed by atoms with Gasteiger partial charge < -0.3 is 20.0 Å². The Labute approximate surface area is 197 Å². The molecule has 0 aliphatic rings. The number of nitrogens with zero attached hydrogens (tertiary/aromatic N) is 4. The van der Waals surface area contributed by atoms with Crippen molar-refractivity contribution in [1.29, 1.82) is 10.5 Å². The van der Waals surface area contributed by atoms with Crippen LogP contribution in [0.25, 0.3) is 0 Å². The summed E-state index contributed by atoms with van der Waals surface area (Å²) in [4.78, 5) is 27.2. The van der Waals surface area contributed by atoms with Crippen molar-refractivity contribution in [3.63, 3.8) is 0 Å². The molecule has 0 aliphatic carbocycles. The Morgan fingerprint density at radius 3 is 1.45 bits per heavy atom. The highest BCUT2D eigenvalue weighted by molar-refractivity contribution is 5.98. The average molecular weight is 457 g/mol. The lowest BCUT2D eigenvalue weighted by molar-refractivity contribution is -0.127. The van der Waals surface area contributed by atoms with E-state index < -0.39 is 0 Å². The van der Waals surface area contributed by atoms with Crippen molar-refractivity contribution in [3.8, 4) is 12.1 Å². The molecule has 8 heteroatoms. The Kier molecular flexibility index (Phi) is 17.6. The minimum absolute atomic E-state index is 0.0494. The zero-order valence-electron chi connectivity index (χ0n) is 19.7. The van der Waals surface area contributed by atoms with E-state index >= 15 is 0 Å². The number of aliphatic hydroxyl groups is 2. The quantitative estimate of drug-likeness (QED) is 0.159. The third-order valence-electron chi connectivity index (χ3n) is 4.82. The van der Waals surface area contributed by atoms with E-state index in [-0.39, 0.29) is 49.3 Å². The third kappa shape index (κ3) is 12.4. The third-order valence-corrected chi connectivity index (χ3v) is 4.82. The fraction of sp³-hybridized carbons (Fsp3) is 0.520. The van der Waals surface area contributed by atoms with Gasteiger partial charge in [-0.2, -0.15) is 10.5 Å². The fourth-order valence-corrected chi connectivity index (χ4v) is 2.92. The van der Waals surface area contributed by atoms with Gasteiger partial charge in [-0.25, -0.2) is 0 Å². The maximum atomic E-state index is 12.2. The molecule has 0 aromatic heterocycles. The lowest BCUT2D eigenvalue weighted by Gasteiger charge is -2.18. The lowest BCUT2D eigenvalue weighted by Crippen LogP contribution is -2.34. The number of carbonyl (C=O) groups excluding carboxylic acids is 2. The Morgan fingerprint density at radius 1 is 0.758 bits per heavy atom. The van der Waals surface area contributed by atoms with Crippen LogP contribution in [0.2, 0.25) is 0 Å². The van der Waals surface area contributed by atoms with Gasteiger partial charge in [0.1, 0.15) is 23.3 Å². The zero-order chi connectivity index (χ0) is 24.9. The summed E-state index contributed by atoms with van der Waals surface area (Å²) in [5, 5.41) is 36.3. The normalized spacial score (nSPS) is 12.1. The van der Waals surface area contributed by atoms with Crippen LogP contribution in [0.15, 0.2) is 47.6 Å². The molecule has 0 fully saturated rings. The second kappa shape index (κ2) is 19.5. The summed E-state index contributed by atoms with van der Waals surface area (Å²) < 4.78 is 0. The molecule has 0 atom stereocenters. The number of rotatable bonds is 16. The molecule has 2 N–H and O–H groups in total. The van der Waals surface area contributed by atoms with Crippen molar-refractivity contribution in [2.75, 3.05) is 39.4 Å². The molecule has 0 aromatic rings. The van der Waals surface area contributed by atoms with Crippen molar-refractivity contribution in [2.45, 2.75) is 46.0 Å². The van der Waals surface area contributed by atoms with Gasteiger partial charge in [-0.1, -0.05) is 30.7 Å². The molecule has 0 aromatic carbocycles. The highest BCUT2D eigenvalue weighted by Gasteiger charge is 2.16. The second-order valence-corrected chi connectivity index (χ2v) is 7.10. The van der Waals surface area contributed by atoms with E-state index in [9.17, 15) is 20.1 Å². The highest BCUT2D eigenvalue weighted by atomic mass is 16.3. The standard InChI is InChI=1S/C25H36N4O4/c1-3-28(16-18-30)24(32)22(20-26)14-12-10-8-6-5-7-9-11-13-15-23(21-27)25(33)29(4-2)17-19-31/h10-15,30-31H,3-9,16-19H2,1-2H3/b12-10+,13-11+,22-14+,23-15+. The van der Waals surface area contributed by atoms with E-state index in [4.69, 9.17) is 10.2 Å². The monoisotopic (exact) mass is 456 g/mol. The van der Waals surface area contributed by atoms with Gasteiger partial charge in [0.25, 0.3) is 11.8 Å². The second-order valence-electron chi connectivity index (χ2n) is 7.10. The molecule has 33 heavy (non-hydrogen) atoms. The number of nitriles is 2. The van der Waals surface area contributed by atoms with Gasteiger partial charge in [0.2, 0.25) is 0 Å². The first-order valence-corrected chi connectivity index (χ1v) is 11.3. The Bertz CT molecular complexity index is 734. The molecule has 0 aliphatic heterocycles. The molecular weight excluding hydrogens is 420 g/mol. The van der Waals surface area contributed by atoms with Crippen LogP contribution in [-0.4, -0.2) is 71.2 Å². The van der Waals surface area contributed by atoms with Crippen LogP contribution >= 0.6 is 0 Å². The fourth-order valence-electron chi connectivity index (χ4n) is 2.92. The maximum absolute atomic E-state index is 12.2. The van der Waals surface area contributed by atoms with Gasteiger partial charge in [0, 0.05) is 26.2 Å². The van der Waals surface area contributed by atoms with E-state index in [1.54, 1.807) is 26.0 Å². The van der Waals surface area contributed by atoms with Gasteiger partial charge >= 0.3 is 0 Å². The molecule has 0 saturated heterocycles. The van der Waals surface area contributed by atoms with E-state index in [2.05, 4.69) is 0 Å². The van der Waals surface area contributed by atoms with Crippen molar-refractivity contribution >= 4 is 11.8 Å². The molecule has 0 heterocycles. The Morgan fingerprint density at radius 2 is 1.15 bits per heavy atom. The van der Waals surface area contributed by atoms with Crippen LogP contribution in [0.1, 0.15) is 46.0 Å². The van der Waals surface area contributed by atoms with Crippen LogP contribution < -0.4 is 0 Å². The van der Waals surface area contributed by atoms with Crippen LogP contribution in [0.4, 0.5) is 0 Å². The predicted molar refractivity (Wildman–Crippen MR) is 127 cm³/mol. The number of unbranched alkanes of at least 4 members (excludes halogenated alkanes) is 4. The molecule has 0 bridgehead atoms. The van der Waals surface area contributed by atoms with Gasteiger partial charge in [-0.3, -0.25) is 9.59 Å². The molecule has 8 nitrogen and oxygen atoms in total. The number of hydrogen-bond donors (Lipinski definition) is 2. The van der Waals surface area contributed by atoms with Crippen LogP contribution in [0.3, 0.4) is 0 Å². The molecule has 0 unspecified atom stereocenters. The van der Waals surface area contributed by atoms with Crippen molar-refractivity contribution in [2.24, 2.45) is 0 Å². The minimum Gasteiger partial charge on any atom is -0.395 e. The number of likely N-dealkylation sites (N-methyl/N-ethyl adjacent to an activating group) is 2. The van der Waals surface area contributed by atoms with E-state index in [1.807, 2.05) is 24.3 Å². The molecular formula is C25H36N4O4. The number of aliphatic hydroxyl groups excluding tert-OH is 2. The van der Waals surface area contributed by atoms with Crippen LogP contribution in [0.5, 0.6) is 0 Å². The number of hydrogen-bond acceptors (Lipinski definition) is 6. The zero-order valence-corrected chi connectivity index (χ0v) is 19.7. The van der Waals surface area contributed by atoms with Gasteiger partial charge in [-0.15, -0.1) is 0 Å². The molecule has 0 radical (unpaired) electrons. The van der Waals surface area contributed by atoms with Gasteiger partial charge in [-0.05, 0) is 51.7 Å². The first kappa shape index (κ1) is 29.8. The highest BCUT2D eigenvalue weighted by Crippen LogP contribution is 2.07. The van der Waals surface area contributed by atoms with E-state index in [0.717, 1.165) is 32.1 Å². The molecule has 2 amide bonds. The van der Waals surface area contributed by atoms with Crippen molar-refractivity contribution in [3.05, 3.63) is 47.6 Å². The Hall–Kier alpha value is -3.20. The average Bonchev–Trinajstić information content (AvgIpc) is 2.83. The van der Waals surface area contributed by atoms with E-state index in [0.29, 0.717) is 13.1 Å². The smallest absolute Gasteiger partial charge is 0.264 e. The molecule has 0 saturated carbocycles. The molecule has 0 rings (SSSR count). The van der Waals surface area contributed by atoms with Crippen LogP contribution in [-0.2, 0) is 9.59 Å². The summed E-state index contributed by atoms with van der Waals surface area (Å²) in [5.74, 6) is -0.756. The summed E-state index contributed by atoms with van der Waals surface area (Å²) in [5.41, 5.74) is 0.0989. The number of carbonyl (C=O) groups is 2. The number of allylic oxidation sites excluding steroid dienone is 6. The summed E-state index contributed by atoms with van der Waals surface area (Å²) >= 11 is 0. The Balaban J connectivity index is 4.37. The van der Waals surface area contributed by atoms with Gasteiger partial charge in [0.15, 0.2) is 0 Å². The van der Waals surface area contributed by atoms with E-state index in [1.165, 1.54) is 22.0 Å².